The number of rotatable bonds is 5. The summed E-state index contributed by atoms with van der Waals surface area (Å²) in [6.45, 7) is 4.19. The van der Waals surface area contributed by atoms with Gasteiger partial charge in [-0.25, -0.2) is 4.98 Å². The summed E-state index contributed by atoms with van der Waals surface area (Å²) in [7, 11) is 0. The molecule has 0 aromatic carbocycles. The molecule has 1 aliphatic carbocycles. The fraction of sp³-hybridized carbons (Fsp3) is 0.714. The van der Waals surface area contributed by atoms with Gasteiger partial charge in [0.2, 0.25) is 0 Å². The van der Waals surface area contributed by atoms with Gasteiger partial charge < -0.3 is 5.11 Å². The first-order valence-electron chi connectivity index (χ1n) is 6.93. The maximum absolute atomic E-state index is 10.8. The summed E-state index contributed by atoms with van der Waals surface area (Å²) in [5, 5.41) is 9.52. The van der Waals surface area contributed by atoms with Gasteiger partial charge in [0.05, 0.1) is 12.1 Å². The minimum atomic E-state index is -0.772. The molecule has 0 atom stereocenters. The van der Waals surface area contributed by atoms with Crippen molar-refractivity contribution in [3.8, 4) is 0 Å². The normalized spacial score (nSPS) is 23.5. The molecule has 1 fully saturated rings. The Morgan fingerprint density at radius 1 is 1.42 bits per heavy atom. The highest BCUT2D eigenvalue weighted by Gasteiger charge is 2.22. The van der Waals surface area contributed by atoms with Gasteiger partial charge in [0.25, 0.3) is 0 Å². The molecule has 5 heteroatoms. The zero-order valence-corrected chi connectivity index (χ0v) is 13.1. The van der Waals surface area contributed by atoms with Gasteiger partial charge in [-0.3, -0.25) is 4.79 Å². The predicted molar refractivity (Wildman–Crippen MR) is 80.1 cm³/mol. The Labute approximate surface area is 122 Å². The van der Waals surface area contributed by atoms with E-state index in [1.807, 2.05) is 18.7 Å². The summed E-state index contributed by atoms with van der Waals surface area (Å²) in [6.07, 6.45) is 6.62. The van der Waals surface area contributed by atoms with Crippen molar-refractivity contribution in [1.82, 2.24) is 4.98 Å². The molecule has 2 rings (SSSR count). The van der Waals surface area contributed by atoms with Crippen LogP contribution in [0, 0.1) is 12.8 Å². The van der Waals surface area contributed by atoms with E-state index in [1.165, 1.54) is 32.1 Å². The Morgan fingerprint density at radius 2 is 2.11 bits per heavy atom. The number of aliphatic carboxylic acids is 1. The first-order valence-corrected chi connectivity index (χ1v) is 8.62. The molecule has 0 unspecified atom stereocenters. The van der Waals surface area contributed by atoms with Crippen LogP contribution in [-0.4, -0.2) is 21.3 Å². The number of carboxylic acids is 1. The number of hydrogen-bond donors (Lipinski definition) is 1. The SMILES string of the molecule is CCC1CCC(Sc2nc(C)c(CC(=O)O)s2)CC1. The molecule has 0 radical (unpaired) electrons. The molecule has 0 spiro atoms. The Hall–Kier alpha value is -0.550. The van der Waals surface area contributed by atoms with Gasteiger partial charge in [-0.1, -0.05) is 25.1 Å². The third kappa shape index (κ3) is 4.21. The topological polar surface area (TPSA) is 50.2 Å². The van der Waals surface area contributed by atoms with Crippen molar-refractivity contribution in [2.24, 2.45) is 5.92 Å². The highest BCUT2D eigenvalue weighted by Crippen LogP contribution is 2.39. The summed E-state index contributed by atoms with van der Waals surface area (Å²) < 4.78 is 1.05. The summed E-state index contributed by atoms with van der Waals surface area (Å²) in [5.74, 6) is 0.143. The first-order chi connectivity index (χ1) is 9.08. The summed E-state index contributed by atoms with van der Waals surface area (Å²) in [5.41, 5.74) is 0.886. The maximum atomic E-state index is 10.8. The molecule has 1 aromatic rings. The molecule has 1 N–H and O–H groups in total. The Bertz CT molecular complexity index is 437. The van der Waals surface area contributed by atoms with Crippen LogP contribution < -0.4 is 0 Å². The highest BCUT2D eigenvalue weighted by atomic mass is 32.2. The lowest BCUT2D eigenvalue weighted by molar-refractivity contribution is -0.136. The van der Waals surface area contributed by atoms with E-state index in [1.54, 1.807) is 11.3 Å². The monoisotopic (exact) mass is 299 g/mol. The number of aromatic nitrogens is 1. The fourth-order valence-corrected chi connectivity index (χ4v) is 5.22. The average Bonchev–Trinajstić information content (AvgIpc) is 2.70. The van der Waals surface area contributed by atoms with Crippen molar-refractivity contribution >= 4 is 29.1 Å². The predicted octanol–water partition coefficient (Wildman–Crippen LogP) is 4.14. The quantitative estimate of drug-likeness (QED) is 0.887. The van der Waals surface area contributed by atoms with Gasteiger partial charge in [0, 0.05) is 10.1 Å². The number of thiazole rings is 1. The molecule has 1 aliphatic rings. The molecule has 1 heterocycles. The van der Waals surface area contributed by atoms with Crippen molar-refractivity contribution in [2.75, 3.05) is 0 Å². The number of carboxylic acid groups (broad SMARTS) is 1. The molecule has 0 aliphatic heterocycles. The van der Waals surface area contributed by atoms with Crippen molar-refractivity contribution in [3.63, 3.8) is 0 Å². The second-order valence-corrected chi connectivity index (χ2v) is 7.86. The Balaban J connectivity index is 1.91. The second kappa shape index (κ2) is 6.75. The number of nitrogens with zero attached hydrogens (tertiary/aromatic N) is 1. The smallest absolute Gasteiger partial charge is 0.308 e. The van der Waals surface area contributed by atoms with Crippen LogP contribution in [0.5, 0.6) is 0 Å². The molecule has 0 amide bonds. The lowest BCUT2D eigenvalue weighted by Crippen LogP contribution is -2.15. The Morgan fingerprint density at radius 3 is 2.68 bits per heavy atom. The maximum Gasteiger partial charge on any atom is 0.308 e. The van der Waals surface area contributed by atoms with Crippen LogP contribution in [0.2, 0.25) is 0 Å². The average molecular weight is 299 g/mol. The van der Waals surface area contributed by atoms with E-state index in [4.69, 9.17) is 5.11 Å². The highest BCUT2D eigenvalue weighted by molar-refractivity contribution is 8.01. The molecular formula is C14H21NO2S2. The molecular weight excluding hydrogens is 278 g/mol. The van der Waals surface area contributed by atoms with Crippen molar-refractivity contribution < 1.29 is 9.90 Å². The van der Waals surface area contributed by atoms with E-state index in [0.717, 1.165) is 20.8 Å². The molecule has 19 heavy (non-hydrogen) atoms. The van der Waals surface area contributed by atoms with Crippen LogP contribution in [0.25, 0.3) is 0 Å². The minimum Gasteiger partial charge on any atom is -0.481 e. The van der Waals surface area contributed by atoms with Crippen LogP contribution in [0.15, 0.2) is 4.34 Å². The number of hydrogen-bond acceptors (Lipinski definition) is 4. The lowest BCUT2D eigenvalue weighted by Gasteiger charge is -2.26. The number of thioether (sulfide) groups is 1. The van der Waals surface area contributed by atoms with E-state index >= 15 is 0 Å². The Kier molecular flexibility index (Phi) is 5.28. The van der Waals surface area contributed by atoms with Crippen LogP contribution >= 0.6 is 23.1 Å². The molecule has 3 nitrogen and oxygen atoms in total. The molecule has 0 bridgehead atoms. The van der Waals surface area contributed by atoms with E-state index in [0.29, 0.717) is 5.25 Å². The van der Waals surface area contributed by atoms with Gasteiger partial charge in [-0.2, -0.15) is 0 Å². The van der Waals surface area contributed by atoms with Gasteiger partial charge in [0.1, 0.15) is 0 Å². The number of aryl methyl sites for hydroxylation is 1. The fourth-order valence-electron chi connectivity index (χ4n) is 2.55. The van der Waals surface area contributed by atoms with Crippen LogP contribution in [-0.2, 0) is 11.2 Å². The lowest BCUT2D eigenvalue weighted by atomic mass is 9.87. The summed E-state index contributed by atoms with van der Waals surface area (Å²) in [4.78, 5) is 16.2. The third-order valence-corrected chi connectivity index (χ3v) is 6.41. The van der Waals surface area contributed by atoms with E-state index in [2.05, 4.69) is 11.9 Å². The van der Waals surface area contributed by atoms with Gasteiger partial charge >= 0.3 is 5.97 Å². The van der Waals surface area contributed by atoms with Crippen LogP contribution in [0.4, 0.5) is 0 Å². The zero-order valence-electron chi connectivity index (χ0n) is 11.5. The van der Waals surface area contributed by atoms with Gasteiger partial charge in [0.15, 0.2) is 4.34 Å². The first kappa shape index (κ1) is 14.9. The molecule has 1 saturated carbocycles. The minimum absolute atomic E-state index is 0.104. The van der Waals surface area contributed by atoms with E-state index in [9.17, 15) is 4.79 Å². The van der Waals surface area contributed by atoms with Crippen molar-refractivity contribution in [3.05, 3.63) is 10.6 Å². The van der Waals surface area contributed by atoms with Crippen molar-refractivity contribution in [2.45, 2.75) is 62.0 Å². The van der Waals surface area contributed by atoms with E-state index in [-0.39, 0.29) is 6.42 Å². The number of carbonyl (C=O) groups is 1. The van der Waals surface area contributed by atoms with E-state index < -0.39 is 5.97 Å². The molecule has 106 valence electrons. The van der Waals surface area contributed by atoms with Crippen LogP contribution in [0.3, 0.4) is 0 Å². The standard InChI is InChI=1S/C14H21NO2S2/c1-3-10-4-6-11(7-5-10)18-14-15-9(2)12(19-14)8-13(16)17/h10-11H,3-8H2,1-2H3,(H,16,17). The van der Waals surface area contributed by atoms with Crippen LogP contribution in [0.1, 0.15) is 49.6 Å². The van der Waals surface area contributed by atoms with Crippen molar-refractivity contribution in [1.29, 1.82) is 0 Å². The summed E-state index contributed by atoms with van der Waals surface area (Å²) in [6, 6.07) is 0. The molecule has 1 aromatic heterocycles. The largest absolute Gasteiger partial charge is 0.481 e. The van der Waals surface area contributed by atoms with Gasteiger partial charge in [-0.05, 0) is 38.5 Å². The summed E-state index contributed by atoms with van der Waals surface area (Å²) >= 11 is 3.41. The molecule has 0 saturated heterocycles. The third-order valence-electron chi connectivity index (χ3n) is 3.82. The second-order valence-electron chi connectivity index (χ2n) is 5.23. The van der Waals surface area contributed by atoms with Gasteiger partial charge in [-0.15, -0.1) is 11.3 Å². The zero-order chi connectivity index (χ0) is 13.8.